The lowest BCUT2D eigenvalue weighted by Gasteiger charge is -2.18. The molecule has 0 heterocycles. The zero-order chi connectivity index (χ0) is 14.4. The Hall–Kier alpha value is -1.51. The van der Waals surface area contributed by atoms with Gasteiger partial charge in [0.2, 0.25) is 0 Å². The topological polar surface area (TPSA) is 15.3 Å². The van der Waals surface area contributed by atoms with Crippen molar-refractivity contribution in [2.75, 3.05) is 25.5 Å². The molecule has 0 radical (unpaired) electrons. The molecule has 1 N–H and O–H groups in total. The summed E-state index contributed by atoms with van der Waals surface area (Å²) in [5.74, 6) is 0. The quantitative estimate of drug-likeness (QED) is 0.857. The van der Waals surface area contributed by atoms with Gasteiger partial charge in [0.15, 0.2) is 0 Å². The van der Waals surface area contributed by atoms with E-state index in [-0.39, 0.29) is 0 Å². The molecule has 0 spiro atoms. The summed E-state index contributed by atoms with van der Waals surface area (Å²) < 4.78 is 0. The van der Waals surface area contributed by atoms with Crippen molar-refractivity contribution in [3.63, 3.8) is 0 Å². The van der Waals surface area contributed by atoms with E-state index in [9.17, 15) is 0 Å². The average molecular weight is 289 g/mol. The fraction of sp³-hybridized carbons (Fsp3) is 0.294. The first-order chi connectivity index (χ1) is 9.65. The van der Waals surface area contributed by atoms with Crippen molar-refractivity contribution in [3.8, 4) is 0 Å². The number of hydrogen-bond donors (Lipinski definition) is 1. The van der Waals surface area contributed by atoms with Crippen LogP contribution in [0.1, 0.15) is 11.1 Å². The minimum atomic E-state index is 0.772. The second-order valence-electron chi connectivity index (χ2n) is 5.13. The predicted octanol–water partition coefficient (Wildman–Crippen LogP) is 4.19. The van der Waals surface area contributed by atoms with Crippen molar-refractivity contribution < 1.29 is 0 Å². The van der Waals surface area contributed by atoms with Crippen molar-refractivity contribution in [2.24, 2.45) is 0 Å². The summed E-state index contributed by atoms with van der Waals surface area (Å²) >= 11 is 6.11. The van der Waals surface area contributed by atoms with Gasteiger partial charge in [0, 0.05) is 19.6 Å². The fourth-order valence-electron chi connectivity index (χ4n) is 2.19. The third-order valence-corrected chi connectivity index (χ3v) is 3.55. The normalized spacial score (nSPS) is 10.8. The Balaban J connectivity index is 1.78. The molecule has 0 aliphatic heterocycles. The molecule has 0 aromatic heterocycles. The zero-order valence-electron chi connectivity index (χ0n) is 12.1. The molecule has 2 aromatic rings. The molecule has 0 fully saturated rings. The smallest absolute Gasteiger partial charge is 0.0637 e. The van der Waals surface area contributed by atoms with Crippen LogP contribution < -0.4 is 5.32 Å². The number of para-hydroxylation sites is 1. The monoisotopic (exact) mass is 288 g/mol. The number of benzene rings is 2. The van der Waals surface area contributed by atoms with Gasteiger partial charge in [-0.3, -0.25) is 0 Å². The number of nitrogens with one attached hydrogen (secondary N) is 1. The van der Waals surface area contributed by atoms with Crippen molar-refractivity contribution in [1.82, 2.24) is 4.90 Å². The highest BCUT2D eigenvalue weighted by Gasteiger charge is 2.02. The van der Waals surface area contributed by atoms with Gasteiger partial charge >= 0.3 is 0 Å². The largest absolute Gasteiger partial charge is 0.383 e. The van der Waals surface area contributed by atoms with Gasteiger partial charge in [0.1, 0.15) is 0 Å². The van der Waals surface area contributed by atoms with Crippen molar-refractivity contribution >= 4 is 17.3 Å². The Bertz CT molecular complexity index is 554. The Labute approximate surface area is 126 Å². The van der Waals surface area contributed by atoms with Crippen LogP contribution in [0.15, 0.2) is 48.5 Å². The molecule has 2 rings (SSSR count). The minimum absolute atomic E-state index is 0.772. The van der Waals surface area contributed by atoms with Crippen molar-refractivity contribution in [2.45, 2.75) is 13.5 Å². The maximum absolute atomic E-state index is 6.11. The second-order valence-corrected chi connectivity index (χ2v) is 5.54. The molecular formula is C17H21ClN2. The summed E-state index contributed by atoms with van der Waals surface area (Å²) in [5, 5.41) is 4.14. The van der Waals surface area contributed by atoms with Crippen LogP contribution in [-0.4, -0.2) is 25.0 Å². The second kappa shape index (κ2) is 7.32. The van der Waals surface area contributed by atoms with E-state index >= 15 is 0 Å². The van der Waals surface area contributed by atoms with Crippen LogP contribution in [0.3, 0.4) is 0 Å². The molecule has 0 saturated carbocycles. The van der Waals surface area contributed by atoms with E-state index in [0.717, 1.165) is 30.3 Å². The van der Waals surface area contributed by atoms with E-state index in [2.05, 4.69) is 48.5 Å². The third kappa shape index (κ3) is 4.55. The zero-order valence-corrected chi connectivity index (χ0v) is 12.8. The summed E-state index contributed by atoms with van der Waals surface area (Å²) in [4.78, 5) is 2.30. The summed E-state index contributed by atoms with van der Waals surface area (Å²) in [6.07, 6.45) is 0. The lowest BCUT2D eigenvalue weighted by molar-refractivity contribution is 0.340. The average Bonchev–Trinajstić information content (AvgIpc) is 2.41. The molecule has 0 saturated heterocycles. The van der Waals surface area contributed by atoms with E-state index in [1.807, 2.05) is 24.3 Å². The first kappa shape index (κ1) is 14.9. The molecule has 0 aliphatic carbocycles. The fourth-order valence-corrected chi connectivity index (χ4v) is 2.39. The van der Waals surface area contributed by atoms with Gasteiger partial charge < -0.3 is 10.2 Å². The molecule has 0 atom stereocenters. The molecule has 3 heteroatoms. The van der Waals surface area contributed by atoms with E-state index in [1.165, 1.54) is 11.1 Å². The highest BCUT2D eigenvalue weighted by atomic mass is 35.5. The van der Waals surface area contributed by atoms with Crippen molar-refractivity contribution in [1.29, 1.82) is 0 Å². The van der Waals surface area contributed by atoms with E-state index in [4.69, 9.17) is 11.6 Å². The summed E-state index contributed by atoms with van der Waals surface area (Å²) in [6, 6.07) is 16.5. The number of anilines is 1. The molecule has 2 aromatic carbocycles. The van der Waals surface area contributed by atoms with Crippen LogP contribution in [0.4, 0.5) is 5.69 Å². The Morgan fingerprint density at radius 1 is 1.10 bits per heavy atom. The number of likely N-dealkylation sites (N-methyl/N-ethyl adjacent to an activating group) is 1. The van der Waals surface area contributed by atoms with Crippen molar-refractivity contribution in [3.05, 3.63) is 64.7 Å². The Kier molecular flexibility index (Phi) is 5.45. The van der Waals surface area contributed by atoms with Crippen LogP contribution in [0.2, 0.25) is 5.02 Å². The molecule has 106 valence electrons. The summed E-state index contributed by atoms with van der Waals surface area (Å²) in [6.45, 7) is 4.94. The summed E-state index contributed by atoms with van der Waals surface area (Å²) in [5.41, 5.74) is 3.66. The van der Waals surface area contributed by atoms with E-state index in [1.54, 1.807) is 0 Å². The molecular weight excluding hydrogens is 268 g/mol. The molecule has 2 nitrogen and oxygen atoms in total. The number of aryl methyl sites for hydroxylation is 1. The molecule has 20 heavy (non-hydrogen) atoms. The molecule has 0 bridgehead atoms. The third-order valence-electron chi connectivity index (χ3n) is 3.22. The van der Waals surface area contributed by atoms with Gasteiger partial charge in [-0.1, -0.05) is 53.6 Å². The standard InChI is InChI=1S/C17H21ClN2/c1-14-6-5-7-15(12-14)13-20(2)11-10-19-17-9-4-3-8-16(17)18/h3-9,12,19H,10-11,13H2,1-2H3. The van der Waals surface area contributed by atoms with Gasteiger partial charge in [-0.2, -0.15) is 0 Å². The maximum Gasteiger partial charge on any atom is 0.0637 e. The molecule has 0 unspecified atom stereocenters. The summed E-state index contributed by atoms with van der Waals surface area (Å²) in [7, 11) is 2.14. The molecule has 0 aliphatic rings. The van der Waals surface area contributed by atoms with E-state index < -0.39 is 0 Å². The van der Waals surface area contributed by atoms with Crippen LogP contribution in [-0.2, 0) is 6.54 Å². The van der Waals surface area contributed by atoms with Gasteiger partial charge in [-0.15, -0.1) is 0 Å². The van der Waals surface area contributed by atoms with Gasteiger partial charge in [0.25, 0.3) is 0 Å². The van der Waals surface area contributed by atoms with Crippen LogP contribution >= 0.6 is 11.6 Å². The molecule has 0 amide bonds. The highest BCUT2D eigenvalue weighted by Crippen LogP contribution is 2.19. The van der Waals surface area contributed by atoms with E-state index in [0.29, 0.717) is 0 Å². The first-order valence-corrected chi connectivity index (χ1v) is 7.25. The van der Waals surface area contributed by atoms with Gasteiger partial charge in [-0.05, 0) is 31.7 Å². The Morgan fingerprint density at radius 2 is 1.90 bits per heavy atom. The minimum Gasteiger partial charge on any atom is -0.383 e. The maximum atomic E-state index is 6.11. The van der Waals surface area contributed by atoms with Gasteiger partial charge in [-0.25, -0.2) is 0 Å². The predicted molar refractivity (Wildman–Crippen MR) is 87.5 cm³/mol. The lowest BCUT2D eigenvalue weighted by atomic mass is 10.1. The van der Waals surface area contributed by atoms with Crippen LogP contribution in [0, 0.1) is 6.92 Å². The first-order valence-electron chi connectivity index (χ1n) is 6.87. The highest BCUT2D eigenvalue weighted by molar-refractivity contribution is 6.33. The number of rotatable bonds is 6. The van der Waals surface area contributed by atoms with Crippen LogP contribution in [0.5, 0.6) is 0 Å². The van der Waals surface area contributed by atoms with Crippen LogP contribution in [0.25, 0.3) is 0 Å². The number of nitrogens with zero attached hydrogens (tertiary/aromatic N) is 1. The number of halogens is 1. The number of hydrogen-bond acceptors (Lipinski definition) is 2. The lowest BCUT2D eigenvalue weighted by Crippen LogP contribution is -2.24. The SMILES string of the molecule is Cc1cccc(CN(C)CCNc2ccccc2Cl)c1. The Morgan fingerprint density at radius 3 is 2.65 bits per heavy atom. The van der Waals surface area contributed by atoms with Gasteiger partial charge in [0.05, 0.1) is 10.7 Å².